The predicted octanol–water partition coefficient (Wildman–Crippen LogP) is 3.17. The van der Waals surface area contributed by atoms with E-state index in [2.05, 4.69) is 21.4 Å². The first-order chi connectivity index (χ1) is 9.24. The van der Waals surface area contributed by atoms with Crippen molar-refractivity contribution in [1.82, 2.24) is 20.0 Å². The molecule has 0 saturated carbocycles. The van der Waals surface area contributed by atoms with Gasteiger partial charge in [0.2, 0.25) is 0 Å². The Kier molecular flexibility index (Phi) is 3.17. The molecule has 0 aliphatic carbocycles. The molecule has 0 bridgehead atoms. The number of nitrogens with zero attached hydrogens (tertiary/aromatic N) is 4. The molecule has 0 amide bonds. The molecule has 2 heterocycles. The molecule has 1 atom stereocenters. The Labute approximate surface area is 116 Å². The topological polar surface area (TPSA) is 43.6 Å². The Morgan fingerprint density at radius 1 is 1.26 bits per heavy atom. The first-order valence-corrected chi connectivity index (χ1v) is 6.54. The molecule has 1 unspecified atom stereocenters. The molecule has 0 aliphatic rings. The fraction of sp³-hybridized carbons (Fsp3) is 0.214. The van der Waals surface area contributed by atoms with Crippen molar-refractivity contribution in [3.05, 3.63) is 54.0 Å². The molecule has 19 heavy (non-hydrogen) atoms. The summed E-state index contributed by atoms with van der Waals surface area (Å²) in [7, 11) is 0. The lowest BCUT2D eigenvalue weighted by atomic mass is 10.1. The van der Waals surface area contributed by atoms with Gasteiger partial charge >= 0.3 is 0 Å². The van der Waals surface area contributed by atoms with Gasteiger partial charge in [0.1, 0.15) is 5.69 Å². The number of para-hydroxylation sites is 1. The van der Waals surface area contributed by atoms with Crippen molar-refractivity contribution in [2.75, 3.05) is 0 Å². The van der Waals surface area contributed by atoms with Crippen LogP contribution in [0.15, 0.2) is 42.7 Å². The van der Waals surface area contributed by atoms with Gasteiger partial charge < -0.3 is 0 Å². The molecule has 96 valence electrons. The van der Waals surface area contributed by atoms with E-state index < -0.39 is 0 Å². The predicted molar refractivity (Wildman–Crippen MR) is 75.1 cm³/mol. The van der Waals surface area contributed by atoms with Crippen LogP contribution in [0.4, 0.5) is 0 Å². The lowest BCUT2D eigenvalue weighted by Gasteiger charge is -2.05. The molecule has 0 aliphatic heterocycles. The van der Waals surface area contributed by atoms with Gasteiger partial charge in [-0.1, -0.05) is 23.4 Å². The number of benzene rings is 1. The summed E-state index contributed by atoms with van der Waals surface area (Å²) in [4.78, 5) is 4.35. The average molecular weight is 273 g/mol. The van der Waals surface area contributed by atoms with E-state index in [1.165, 1.54) is 5.56 Å². The summed E-state index contributed by atoms with van der Waals surface area (Å²) in [6.45, 7) is 2.55. The van der Waals surface area contributed by atoms with Crippen LogP contribution in [-0.4, -0.2) is 20.0 Å². The highest BCUT2D eigenvalue weighted by Gasteiger charge is 2.08. The van der Waals surface area contributed by atoms with Gasteiger partial charge in [-0.3, -0.25) is 4.98 Å². The Hall–Kier alpha value is -1.94. The Bertz CT molecular complexity index is 700. The first kappa shape index (κ1) is 12.1. The molecule has 0 N–H and O–H groups in total. The molecule has 3 aromatic rings. The minimum absolute atomic E-state index is 0.122. The maximum atomic E-state index is 5.99. The Balaban J connectivity index is 1.96. The van der Waals surface area contributed by atoms with Gasteiger partial charge in [-0.15, -0.1) is 16.7 Å². The molecule has 4 nitrogen and oxygen atoms in total. The van der Waals surface area contributed by atoms with Gasteiger partial charge in [0.05, 0.1) is 23.6 Å². The SMILES string of the molecule is CC(Cl)c1cn(Cc2ccnc3ccccc23)nn1. The largest absolute Gasteiger partial charge is 0.256 e. The molecule has 3 rings (SSSR count). The number of hydrogen-bond donors (Lipinski definition) is 0. The van der Waals surface area contributed by atoms with Crippen molar-refractivity contribution in [3.8, 4) is 0 Å². The zero-order chi connectivity index (χ0) is 13.2. The van der Waals surface area contributed by atoms with Crippen molar-refractivity contribution in [3.63, 3.8) is 0 Å². The summed E-state index contributed by atoms with van der Waals surface area (Å²) in [5.41, 5.74) is 2.95. The fourth-order valence-electron chi connectivity index (χ4n) is 2.04. The van der Waals surface area contributed by atoms with Crippen molar-refractivity contribution in [1.29, 1.82) is 0 Å². The van der Waals surface area contributed by atoms with E-state index in [1.54, 1.807) is 4.68 Å². The zero-order valence-corrected chi connectivity index (χ0v) is 11.2. The monoisotopic (exact) mass is 272 g/mol. The lowest BCUT2D eigenvalue weighted by Crippen LogP contribution is -2.01. The van der Waals surface area contributed by atoms with Crippen LogP contribution >= 0.6 is 11.6 Å². The molecule has 0 spiro atoms. The van der Waals surface area contributed by atoms with Crippen molar-refractivity contribution in [2.45, 2.75) is 18.8 Å². The van der Waals surface area contributed by atoms with Crippen LogP contribution in [0.25, 0.3) is 10.9 Å². The second kappa shape index (κ2) is 4.97. The highest BCUT2D eigenvalue weighted by atomic mass is 35.5. The van der Waals surface area contributed by atoms with E-state index in [-0.39, 0.29) is 5.38 Å². The maximum Gasteiger partial charge on any atom is 0.100 e. The van der Waals surface area contributed by atoms with E-state index in [4.69, 9.17) is 11.6 Å². The standard InChI is InChI=1S/C14H13ClN4/c1-10(15)14-9-19(18-17-14)8-11-6-7-16-13-5-3-2-4-12(11)13/h2-7,9-10H,8H2,1H3. The molecular formula is C14H13ClN4. The van der Waals surface area contributed by atoms with Crippen LogP contribution in [0.1, 0.15) is 23.6 Å². The summed E-state index contributed by atoms with van der Waals surface area (Å²) in [5, 5.41) is 9.18. The number of halogens is 1. The van der Waals surface area contributed by atoms with Gasteiger partial charge in [-0.25, -0.2) is 4.68 Å². The minimum Gasteiger partial charge on any atom is -0.256 e. The number of fused-ring (bicyclic) bond motifs is 1. The van der Waals surface area contributed by atoms with E-state index >= 15 is 0 Å². The molecule has 0 radical (unpaired) electrons. The van der Waals surface area contributed by atoms with Gasteiger partial charge in [-0.05, 0) is 24.6 Å². The highest BCUT2D eigenvalue weighted by Crippen LogP contribution is 2.19. The molecular weight excluding hydrogens is 260 g/mol. The van der Waals surface area contributed by atoms with Crippen LogP contribution in [0.5, 0.6) is 0 Å². The second-order valence-electron chi connectivity index (χ2n) is 4.44. The van der Waals surface area contributed by atoms with Crippen LogP contribution in [0.3, 0.4) is 0 Å². The summed E-state index contributed by atoms with van der Waals surface area (Å²) in [6.07, 6.45) is 3.70. The lowest BCUT2D eigenvalue weighted by molar-refractivity contribution is 0.651. The summed E-state index contributed by atoms with van der Waals surface area (Å²) in [6, 6.07) is 10.1. The number of hydrogen-bond acceptors (Lipinski definition) is 3. The van der Waals surface area contributed by atoms with Crippen molar-refractivity contribution in [2.24, 2.45) is 0 Å². The third-order valence-corrected chi connectivity index (χ3v) is 3.26. The van der Waals surface area contributed by atoms with E-state index in [1.807, 2.05) is 43.6 Å². The van der Waals surface area contributed by atoms with E-state index in [0.29, 0.717) is 6.54 Å². The Morgan fingerprint density at radius 3 is 2.89 bits per heavy atom. The van der Waals surface area contributed by atoms with Crippen LogP contribution in [-0.2, 0) is 6.54 Å². The van der Waals surface area contributed by atoms with Gasteiger partial charge in [0.25, 0.3) is 0 Å². The number of pyridine rings is 1. The molecule has 0 fully saturated rings. The zero-order valence-electron chi connectivity index (χ0n) is 10.5. The summed E-state index contributed by atoms with van der Waals surface area (Å²) >= 11 is 5.99. The molecule has 5 heteroatoms. The highest BCUT2D eigenvalue weighted by molar-refractivity contribution is 6.20. The van der Waals surface area contributed by atoms with Crippen LogP contribution < -0.4 is 0 Å². The summed E-state index contributed by atoms with van der Waals surface area (Å²) in [5.74, 6) is 0. The quantitative estimate of drug-likeness (QED) is 0.688. The van der Waals surface area contributed by atoms with Crippen LogP contribution in [0.2, 0.25) is 0 Å². The van der Waals surface area contributed by atoms with Gasteiger partial charge in [-0.2, -0.15) is 0 Å². The first-order valence-electron chi connectivity index (χ1n) is 6.11. The second-order valence-corrected chi connectivity index (χ2v) is 5.10. The minimum atomic E-state index is -0.122. The maximum absolute atomic E-state index is 5.99. The van der Waals surface area contributed by atoms with Crippen molar-refractivity contribution < 1.29 is 0 Å². The third kappa shape index (κ3) is 2.44. The number of rotatable bonds is 3. The Morgan fingerprint density at radius 2 is 2.11 bits per heavy atom. The normalized spacial score (nSPS) is 12.7. The smallest absolute Gasteiger partial charge is 0.100 e. The molecule has 1 aromatic carbocycles. The average Bonchev–Trinajstić information content (AvgIpc) is 2.88. The van der Waals surface area contributed by atoms with Gasteiger partial charge in [0.15, 0.2) is 0 Å². The van der Waals surface area contributed by atoms with Crippen LogP contribution in [0, 0.1) is 0 Å². The van der Waals surface area contributed by atoms with E-state index in [0.717, 1.165) is 16.6 Å². The molecule has 2 aromatic heterocycles. The summed E-state index contributed by atoms with van der Waals surface area (Å²) < 4.78 is 1.80. The number of alkyl halides is 1. The van der Waals surface area contributed by atoms with E-state index in [9.17, 15) is 0 Å². The van der Waals surface area contributed by atoms with Gasteiger partial charge in [0, 0.05) is 11.6 Å². The third-order valence-electron chi connectivity index (χ3n) is 3.04. The molecule has 0 saturated heterocycles. The number of aromatic nitrogens is 4. The fourth-order valence-corrected chi connectivity index (χ4v) is 2.14. The van der Waals surface area contributed by atoms with Crippen molar-refractivity contribution >= 4 is 22.5 Å².